The zero-order valence-corrected chi connectivity index (χ0v) is 13.5. The molecule has 3 N–H and O–H groups in total. The first-order valence-corrected chi connectivity index (χ1v) is 7.48. The number of carbonyl (C=O) groups is 1. The summed E-state index contributed by atoms with van der Waals surface area (Å²) in [5, 5.41) is 8.79. The summed E-state index contributed by atoms with van der Waals surface area (Å²) in [6.45, 7) is 2.66. The minimum Gasteiger partial charge on any atom is -0.481 e. The Labute approximate surface area is 138 Å². The molecule has 6 heteroatoms. The van der Waals surface area contributed by atoms with E-state index in [1.807, 2.05) is 0 Å². The van der Waals surface area contributed by atoms with E-state index in [0.29, 0.717) is 16.8 Å². The Bertz CT molecular complexity index is 760. The lowest BCUT2D eigenvalue weighted by molar-refractivity contribution is -0.139. The summed E-state index contributed by atoms with van der Waals surface area (Å²) >= 11 is 0. The molecule has 2 aromatic rings. The van der Waals surface area contributed by atoms with Gasteiger partial charge in [-0.3, -0.25) is 0 Å². The maximum atomic E-state index is 14.0. The summed E-state index contributed by atoms with van der Waals surface area (Å²) in [6.07, 6.45) is -0.331. The normalized spacial score (nSPS) is 11.3. The molecule has 0 radical (unpaired) electrons. The van der Waals surface area contributed by atoms with Crippen molar-refractivity contribution in [2.75, 3.05) is 12.3 Å². The van der Waals surface area contributed by atoms with E-state index < -0.39 is 18.5 Å². The topological polar surface area (TPSA) is 72.5 Å². The van der Waals surface area contributed by atoms with E-state index >= 15 is 0 Å². The number of hydrogen-bond acceptors (Lipinski definition) is 3. The molecule has 0 bridgehead atoms. The Hall–Kier alpha value is -2.63. The van der Waals surface area contributed by atoms with Crippen LogP contribution >= 0.6 is 0 Å². The highest BCUT2D eigenvalue weighted by molar-refractivity contribution is 5.76. The number of ether oxygens (including phenoxy) is 1. The van der Waals surface area contributed by atoms with Crippen molar-refractivity contribution in [3.8, 4) is 16.9 Å². The van der Waals surface area contributed by atoms with Gasteiger partial charge in [0.05, 0.1) is 0 Å². The van der Waals surface area contributed by atoms with Crippen LogP contribution in [0.4, 0.5) is 14.5 Å². The molecule has 2 rings (SSSR count). The summed E-state index contributed by atoms with van der Waals surface area (Å²) in [4.78, 5) is 10.7. The second-order valence-corrected chi connectivity index (χ2v) is 5.53. The number of rotatable bonds is 6. The lowest BCUT2D eigenvalue weighted by atomic mass is 9.95. The van der Waals surface area contributed by atoms with Crippen molar-refractivity contribution in [3.63, 3.8) is 0 Å². The van der Waals surface area contributed by atoms with Crippen molar-refractivity contribution in [2.45, 2.75) is 26.2 Å². The summed E-state index contributed by atoms with van der Waals surface area (Å²) < 4.78 is 33.3. The maximum Gasteiger partial charge on any atom is 0.341 e. The molecular weight excluding hydrogens is 316 g/mol. The van der Waals surface area contributed by atoms with Crippen LogP contribution in [-0.4, -0.2) is 17.7 Å². The van der Waals surface area contributed by atoms with Crippen LogP contribution in [0.3, 0.4) is 0 Å². The van der Waals surface area contributed by atoms with Crippen LogP contribution in [0.15, 0.2) is 36.4 Å². The van der Waals surface area contributed by atoms with Gasteiger partial charge >= 0.3 is 5.97 Å². The van der Waals surface area contributed by atoms with Crippen LogP contribution in [-0.2, 0) is 10.7 Å². The second-order valence-electron chi connectivity index (χ2n) is 5.53. The third-order valence-electron chi connectivity index (χ3n) is 3.74. The predicted molar refractivity (Wildman–Crippen MR) is 88.3 cm³/mol. The molecule has 24 heavy (non-hydrogen) atoms. The first kappa shape index (κ1) is 17.7. The number of halogens is 2. The molecule has 0 spiro atoms. The monoisotopic (exact) mass is 335 g/mol. The molecule has 0 saturated carbocycles. The first-order chi connectivity index (χ1) is 11.2. The van der Waals surface area contributed by atoms with Gasteiger partial charge in [0, 0.05) is 23.2 Å². The highest BCUT2D eigenvalue weighted by Gasteiger charge is 2.30. The van der Waals surface area contributed by atoms with Crippen molar-refractivity contribution in [2.24, 2.45) is 0 Å². The zero-order valence-electron chi connectivity index (χ0n) is 13.5. The van der Waals surface area contributed by atoms with Crippen LogP contribution < -0.4 is 10.5 Å². The van der Waals surface area contributed by atoms with E-state index in [1.165, 1.54) is 25.1 Å². The Balaban J connectivity index is 2.58. The highest BCUT2D eigenvalue weighted by atomic mass is 19.3. The lowest BCUT2D eigenvalue weighted by Crippen LogP contribution is -2.13. The van der Waals surface area contributed by atoms with Crippen LogP contribution in [0.2, 0.25) is 0 Å². The van der Waals surface area contributed by atoms with Gasteiger partial charge in [0.25, 0.3) is 5.92 Å². The van der Waals surface area contributed by atoms with Gasteiger partial charge in [-0.05, 0) is 48.4 Å². The third-order valence-corrected chi connectivity index (χ3v) is 3.74. The molecule has 0 amide bonds. The Morgan fingerprint density at radius 1 is 1.21 bits per heavy atom. The number of nitrogen functional groups attached to an aromatic ring is 1. The minimum atomic E-state index is -2.97. The maximum absolute atomic E-state index is 14.0. The molecule has 2 aromatic carbocycles. The smallest absolute Gasteiger partial charge is 0.341 e. The fourth-order valence-electron chi connectivity index (χ4n) is 2.43. The summed E-state index contributed by atoms with van der Waals surface area (Å²) in [6, 6.07) is 9.08. The Morgan fingerprint density at radius 3 is 2.50 bits per heavy atom. The molecule has 0 aromatic heterocycles. The molecule has 0 atom stereocenters. The zero-order chi connectivity index (χ0) is 17.9. The molecule has 0 aliphatic carbocycles. The molecule has 0 aliphatic rings. The quantitative estimate of drug-likeness (QED) is 0.776. The van der Waals surface area contributed by atoms with Crippen molar-refractivity contribution in [1.29, 1.82) is 0 Å². The number of aliphatic carboxylic acids is 1. The first-order valence-electron chi connectivity index (χ1n) is 7.48. The van der Waals surface area contributed by atoms with Gasteiger partial charge in [-0.15, -0.1) is 0 Å². The minimum absolute atomic E-state index is 0.140. The molecule has 0 unspecified atom stereocenters. The van der Waals surface area contributed by atoms with Crippen molar-refractivity contribution >= 4 is 11.7 Å². The van der Waals surface area contributed by atoms with E-state index in [0.717, 1.165) is 5.56 Å². The van der Waals surface area contributed by atoms with Crippen molar-refractivity contribution < 1.29 is 23.4 Å². The highest BCUT2D eigenvalue weighted by Crippen LogP contribution is 2.39. The number of carboxylic acids is 1. The fourth-order valence-corrected chi connectivity index (χ4v) is 2.43. The molecule has 0 heterocycles. The van der Waals surface area contributed by atoms with Crippen LogP contribution in [0.1, 0.15) is 24.5 Å². The predicted octanol–water partition coefficient (Wildman–Crippen LogP) is 4.21. The molecule has 128 valence electrons. The van der Waals surface area contributed by atoms with E-state index in [-0.39, 0.29) is 17.7 Å². The van der Waals surface area contributed by atoms with E-state index in [1.54, 1.807) is 25.1 Å². The largest absolute Gasteiger partial charge is 0.481 e. The summed E-state index contributed by atoms with van der Waals surface area (Å²) in [7, 11) is 0. The number of carboxylic acid groups (broad SMARTS) is 1. The number of alkyl halides is 2. The van der Waals surface area contributed by atoms with Gasteiger partial charge in [0.1, 0.15) is 5.75 Å². The SMILES string of the molecule is CCC(F)(F)c1ccc(OCC(=O)O)c(-c2ccc(N)cc2C)c1. The van der Waals surface area contributed by atoms with Crippen molar-refractivity contribution in [3.05, 3.63) is 47.5 Å². The van der Waals surface area contributed by atoms with Gasteiger partial charge in [0.15, 0.2) is 6.61 Å². The molecule has 0 saturated heterocycles. The Kier molecular flexibility index (Phi) is 5.07. The standard InChI is InChI=1S/C18H19F2NO3/c1-3-18(19,20)12-4-7-16(24-10-17(22)23)15(9-12)14-6-5-13(21)8-11(14)2/h4-9H,3,10,21H2,1-2H3,(H,22,23). The van der Waals surface area contributed by atoms with Crippen LogP contribution in [0, 0.1) is 6.92 Å². The number of hydrogen-bond donors (Lipinski definition) is 2. The van der Waals surface area contributed by atoms with Gasteiger partial charge in [-0.2, -0.15) is 0 Å². The average Bonchev–Trinajstić information content (AvgIpc) is 2.53. The lowest BCUT2D eigenvalue weighted by Gasteiger charge is -2.19. The van der Waals surface area contributed by atoms with Crippen LogP contribution in [0.25, 0.3) is 11.1 Å². The van der Waals surface area contributed by atoms with Crippen LogP contribution in [0.5, 0.6) is 5.75 Å². The van der Waals surface area contributed by atoms with Gasteiger partial charge in [-0.25, -0.2) is 13.6 Å². The van der Waals surface area contributed by atoms with Gasteiger partial charge in [-0.1, -0.05) is 13.0 Å². The van der Waals surface area contributed by atoms with E-state index in [4.69, 9.17) is 15.6 Å². The molecule has 0 fully saturated rings. The second kappa shape index (κ2) is 6.86. The molecular formula is C18H19F2NO3. The fraction of sp³-hybridized carbons (Fsp3) is 0.278. The average molecular weight is 335 g/mol. The van der Waals surface area contributed by atoms with Gasteiger partial charge in [0.2, 0.25) is 0 Å². The molecule has 0 aliphatic heterocycles. The summed E-state index contributed by atoms with van der Waals surface area (Å²) in [5.74, 6) is -3.87. The number of aryl methyl sites for hydroxylation is 1. The van der Waals surface area contributed by atoms with Crippen molar-refractivity contribution in [1.82, 2.24) is 0 Å². The molecule has 4 nitrogen and oxygen atoms in total. The van der Waals surface area contributed by atoms with Gasteiger partial charge < -0.3 is 15.6 Å². The third kappa shape index (κ3) is 3.82. The summed E-state index contributed by atoms with van der Waals surface area (Å²) in [5.41, 5.74) is 8.01. The number of anilines is 1. The van der Waals surface area contributed by atoms with E-state index in [2.05, 4.69) is 0 Å². The Morgan fingerprint density at radius 2 is 1.92 bits per heavy atom. The number of nitrogens with two attached hydrogens (primary N) is 1. The van der Waals surface area contributed by atoms with E-state index in [9.17, 15) is 13.6 Å². The number of benzene rings is 2.